The normalized spacial score (nSPS) is 10.7. The van der Waals surface area contributed by atoms with Gasteiger partial charge >= 0.3 is 5.97 Å². The highest BCUT2D eigenvalue weighted by Crippen LogP contribution is 2.28. The molecule has 1 aromatic carbocycles. The average molecular weight is 254 g/mol. The van der Waals surface area contributed by atoms with Gasteiger partial charge in [-0.3, -0.25) is 4.40 Å². The summed E-state index contributed by atoms with van der Waals surface area (Å²) >= 11 is 0. The second kappa shape index (κ2) is 4.13. The van der Waals surface area contributed by atoms with Gasteiger partial charge in [0, 0.05) is 11.8 Å². The third-order valence-corrected chi connectivity index (χ3v) is 2.88. The van der Waals surface area contributed by atoms with Crippen LogP contribution in [0.4, 0.5) is 0 Å². The number of hydrogen-bond donors (Lipinski definition) is 2. The molecule has 0 saturated carbocycles. The van der Waals surface area contributed by atoms with Crippen LogP contribution in [0.15, 0.2) is 48.7 Å². The Morgan fingerprint density at radius 3 is 2.53 bits per heavy atom. The second-order valence-corrected chi connectivity index (χ2v) is 4.07. The number of fused-ring (bicyclic) bond motifs is 1. The summed E-state index contributed by atoms with van der Waals surface area (Å²) in [6, 6.07) is 12.3. The van der Waals surface area contributed by atoms with E-state index in [-0.39, 0.29) is 17.0 Å². The Bertz CT molecular complexity index is 763. The number of carbonyl (C=O) groups is 1. The summed E-state index contributed by atoms with van der Waals surface area (Å²) in [6.45, 7) is 0. The first-order valence-corrected chi connectivity index (χ1v) is 5.67. The quantitative estimate of drug-likeness (QED) is 0.736. The van der Waals surface area contributed by atoms with Crippen molar-refractivity contribution in [1.82, 2.24) is 9.38 Å². The molecule has 0 atom stereocenters. The van der Waals surface area contributed by atoms with E-state index < -0.39 is 5.97 Å². The Morgan fingerprint density at radius 2 is 1.84 bits per heavy atom. The molecule has 0 bridgehead atoms. The van der Waals surface area contributed by atoms with Crippen LogP contribution in [0.3, 0.4) is 0 Å². The van der Waals surface area contributed by atoms with Crippen molar-refractivity contribution in [2.75, 3.05) is 0 Å². The predicted octanol–water partition coefficient (Wildman–Crippen LogP) is 2.41. The lowest BCUT2D eigenvalue weighted by molar-refractivity contribution is 0.0693. The van der Waals surface area contributed by atoms with Crippen molar-refractivity contribution in [3.63, 3.8) is 0 Å². The van der Waals surface area contributed by atoms with Crippen molar-refractivity contribution in [3.05, 3.63) is 54.4 Å². The summed E-state index contributed by atoms with van der Waals surface area (Å²) in [4.78, 5) is 15.3. The fraction of sp³-hybridized carbons (Fsp3) is 0. The van der Waals surface area contributed by atoms with Crippen molar-refractivity contribution in [2.24, 2.45) is 0 Å². The molecule has 5 heteroatoms. The van der Waals surface area contributed by atoms with Crippen LogP contribution >= 0.6 is 0 Å². The molecule has 2 aromatic heterocycles. The molecule has 0 fully saturated rings. The molecule has 0 spiro atoms. The number of aromatic nitrogens is 2. The summed E-state index contributed by atoms with van der Waals surface area (Å²) in [5.74, 6) is -0.778. The summed E-state index contributed by atoms with van der Waals surface area (Å²) in [6.07, 6.45) is 1.68. The van der Waals surface area contributed by atoms with E-state index in [9.17, 15) is 15.0 Å². The van der Waals surface area contributed by atoms with Crippen LogP contribution in [-0.4, -0.2) is 25.6 Å². The molecule has 3 rings (SSSR count). The fourth-order valence-corrected chi connectivity index (χ4v) is 2.06. The Hall–Kier alpha value is -2.82. The number of benzene rings is 1. The van der Waals surface area contributed by atoms with Crippen LogP contribution in [0.1, 0.15) is 10.5 Å². The number of nitrogens with zero attached hydrogens (tertiary/aromatic N) is 2. The molecule has 0 amide bonds. The van der Waals surface area contributed by atoms with E-state index in [0.29, 0.717) is 5.82 Å². The number of hydrogen-bond acceptors (Lipinski definition) is 3. The maximum absolute atomic E-state index is 11.2. The number of pyridine rings is 1. The monoisotopic (exact) mass is 254 g/mol. The van der Waals surface area contributed by atoms with Crippen molar-refractivity contribution in [1.29, 1.82) is 0 Å². The number of imidazole rings is 1. The van der Waals surface area contributed by atoms with Crippen LogP contribution in [0.25, 0.3) is 16.9 Å². The van der Waals surface area contributed by atoms with Gasteiger partial charge in [-0.15, -0.1) is 0 Å². The summed E-state index contributed by atoms with van der Waals surface area (Å²) in [5, 5.41) is 19.0. The molecule has 2 heterocycles. The minimum Gasteiger partial charge on any atom is -0.506 e. The van der Waals surface area contributed by atoms with Gasteiger partial charge in [-0.1, -0.05) is 30.3 Å². The molecule has 0 saturated heterocycles. The van der Waals surface area contributed by atoms with Crippen molar-refractivity contribution >= 4 is 11.5 Å². The molecule has 0 unspecified atom stereocenters. The minimum absolute atomic E-state index is 0.102. The Morgan fingerprint density at radius 1 is 1.11 bits per heavy atom. The van der Waals surface area contributed by atoms with E-state index in [1.54, 1.807) is 16.7 Å². The summed E-state index contributed by atoms with van der Waals surface area (Å²) in [7, 11) is 0. The van der Waals surface area contributed by atoms with Crippen LogP contribution in [0.5, 0.6) is 5.75 Å². The van der Waals surface area contributed by atoms with Crippen LogP contribution in [0.2, 0.25) is 0 Å². The molecular formula is C14H10N2O3. The highest BCUT2D eigenvalue weighted by atomic mass is 16.4. The van der Waals surface area contributed by atoms with E-state index in [1.807, 2.05) is 30.3 Å². The van der Waals surface area contributed by atoms with Gasteiger partial charge in [-0.05, 0) is 12.1 Å². The van der Waals surface area contributed by atoms with Crippen molar-refractivity contribution in [2.45, 2.75) is 0 Å². The maximum Gasteiger partial charge on any atom is 0.356 e. The Labute approximate surface area is 108 Å². The third kappa shape index (κ3) is 1.72. The van der Waals surface area contributed by atoms with Crippen molar-refractivity contribution < 1.29 is 15.0 Å². The molecule has 5 nitrogen and oxygen atoms in total. The standard InChI is InChI=1S/C14H10N2O3/c17-10-7-4-8-16-12(10)11(14(18)19)15-13(16)9-5-2-1-3-6-9/h1-8,17H,(H,18,19). The first kappa shape index (κ1) is 11.3. The summed E-state index contributed by atoms with van der Waals surface area (Å²) in [5.41, 5.74) is 0.835. The minimum atomic E-state index is -1.17. The molecule has 0 aliphatic carbocycles. The van der Waals surface area contributed by atoms with Gasteiger partial charge in [0.25, 0.3) is 0 Å². The van der Waals surface area contributed by atoms with Gasteiger partial charge in [0.05, 0.1) is 0 Å². The van der Waals surface area contributed by atoms with E-state index in [1.165, 1.54) is 6.07 Å². The lowest BCUT2D eigenvalue weighted by Gasteiger charge is -2.01. The fourth-order valence-electron chi connectivity index (χ4n) is 2.06. The van der Waals surface area contributed by atoms with Gasteiger partial charge in [0.1, 0.15) is 17.1 Å². The van der Waals surface area contributed by atoms with E-state index in [2.05, 4.69) is 4.98 Å². The lowest BCUT2D eigenvalue weighted by atomic mass is 10.2. The molecule has 0 aliphatic heterocycles. The van der Waals surface area contributed by atoms with Gasteiger partial charge < -0.3 is 10.2 Å². The highest BCUT2D eigenvalue weighted by molar-refractivity contribution is 5.96. The molecule has 94 valence electrons. The topological polar surface area (TPSA) is 74.8 Å². The van der Waals surface area contributed by atoms with Crippen molar-refractivity contribution in [3.8, 4) is 17.1 Å². The first-order valence-electron chi connectivity index (χ1n) is 5.67. The number of rotatable bonds is 2. The molecule has 2 N–H and O–H groups in total. The highest BCUT2D eigenvalue weighted by Gasteiger charge is 2.19. The predicted molar refractivity (Wildman–Crippen MR) is 69.3 cm³/mol. The Kier molecular flexibility index (Phi) is 2.45. The first-order chi connectivity index (χ1) is 9.18. The lowest BCUT2D eigenvalue weighted by Crippen LogP contribution is -1.97. The van der Waals surface area contributed by atoms with Crippen LogP contribution < -0.4 is 0 Å². The summed E-state index contributed by atoms with van der Waals surface area (Å²) < 4.78 is 1.58. The zero-order valence-electron chi connectivity index (χ0n) is 9.82. The molecule has 0 aliphatic rings. The smallest absolute Gasteiger partial charge is 0.356 e. The zero-order valence-corrected chi connectivity index (χ0v) is 9.82. The largest absolute Gasteiger partial charge is 0.506 e. The maximum atomic E-state index is 11.2. The van der Waals surface area contributed by atoms with Gasteiger partial charge in [-0.25, -0.2) is 9.78 Å². The second-order valence-electron chi connectivity index (χ2n) is 4.07. The number of carboxylic acid groups (broad SMARTS) is 1. The van der Waals surface area contributed by atoms with E-state index in [0.717, 1.165) is 5.56 Å². The van der Waals surface area contributed by atoms with Gasteiger partial charge in [0.15, 0.2) is 5.69 Å². The zero-order chi connectivity index (χ0) is 13.4. The molecular weight excluding hydrogens is 244 g/mol. The Balaban J connectivity index is 2.39. The van der Waals surface area contributed by atoms with Gasteiger partial charge in [0.2, 0.25) is 0 Å². The number of aromatic carboxylic acids is 1. The molecule has 3 aromatic rings. The third-order valence-electron chi connectivity index (χ3n) is 2.88. The van der Waals surface area contributed by atoms with Gasteiger partial charge in [-0.2, -0.15) is 0 Å². The van der Waals surface area contributed by atoms with E-state index >= 15 is 0 Å². The van der Waals surface area contributed by atoms with Crippen LogP contribution in [0, 0.1) is 0 Å². The number of aromatic hydroxyl groups is 1. The SMILES string of the molecule is O=C(O)c1nc(-c2ccccc2)n2cccc(O)c12. The van der Waals surface area contributed by atoms with E-state index in [4.69, 9.17) is 0 Å². The molecule has 0 radical (unpaired) electrons. The average Bonchev–Trinajstić information content (AvgIpc) is 2.81. The van der Waals surface area contributed by atoms with Crippen LogP contribution in [-0.2, 0) is 0 Å². The molecule has 19 heavy (non-hydrogen) atoms. The number of carboxylic acids is 1.